The zero-order valence-electron chi connectivity index (χ0n) is 16.4. The number of hydrogen-bond acceptors (Lipinski definition) is 6. The molecule has 160 valence electrons. The smallest absolute Gasteiger partial charge is 0.407 e. The van der Waals surface area contributed by atoms with Crippen molar-refractivity contribution in [1.29, 1.82) is 0 Å². The molecule has 2 heterocycles. The number of benzene rings is 1. The van der Waals surface area contributed by atoms with E-state index in [1.165, 1.54) is 10.8 Å². The number of aryl methyl sites for hydroxylation is 1. The fourth-order valence-electron chi connectivity index (χ4n) is 3.30. The van der Waals surface area contributed by atoms with E-state index in [1.807, 2.05) is 30.3 Å². The number of amides is 1. The summed E-state index contributed by atoms with van der Waals surface area (Å²) in [6.45, 7) is 1.64. The largest absolute Gasteiger partial charge is 0.481 e. The molecule has 1 fully saturated rings. The van der Waals surface area contributed by atoms with Gasteiger partial charge in [-0.2, -0.15) is 0 Å². The van der Waals surface area contributed by atoms with Gasteiger partial charge in [0.15, 0.2) is 0 Å². The second-order valence-corrected chi connectivity index (χ2v) is 7.09. The fourth-order valence-corrected chi connectivity index (χ4v) is 3.30. The summed E-state index contributed by atoms with van der Waals surface area (Å²) in [6, 6.07) is 8.60. The molecule has 3 N–H and O–H groups in total. The van der Waals surface area contributed by atoms with Crippen LogP contribution in [0.15, 0.2) is 46.1 Å². The Balaban J connectivity index is 1.69. The lowest BCUT2D eigenvalue weighted by Gasteiger charge is -2.18. The van der Waals surface area contributed by atoms with Gasteiger partial charge in [-0.1, -0.05) is 30.3 Å². The van der Waals surface area contributed by atoms with E-state index in [-0.39, 0.29) is 25.9 Å². The molecule has 10 heteroatoms. The number of nitrogens with zero attached hydrogens (tertiary/aromatic N) is 1. The molecular formula is C20H23N3O7. The second kappa shape index (κ2) is 9.40. The summed E-state index contributed by atoms with van der Waals surface area (Å²) >= 11 is 0. The molecule has 0 saturated carbocycles. The Kier molecular flexibility index (Phi) is 6.68. The first-order valence-electron chi connectivity index (χ1n) is 9.50. The summed E-state index contributed by atoms with van der Waals surface area (Å²) < 4.78 is 12.3. The van der Waals surface area contributed by atoms with Crippen molar-refractivity contribution in [2.45, 2.75) is 51.2 Å². The fraction of sp³-hybridized carbons (Fsp3) is 0.400. The number of aromatic amines is 1. The Morgan fingerprint density at radius 3 is 2.73 bits per heavy atom. The standard InChI is InChI=1S/C20H23N3O7/c1-12-10-23(19(27)22-18(12)26)16-9-14(15(30-16)7-8-17(24)25)21-20(28)29-11-13-5-3-2-4-6-13/h2-6,10,14-16H,7-9,11H2,1H3,(H,21,28)(H,24,25)(H,22,26,27)/t14-,15+,16+/m0/s1. The topological polar surface area (TPSA) is 140 Å². The minimum absolute atomic E-state index is 0.0854. The molecule has 0 aliphatic carbocycles. The van der Waals surface area contributed by atoms with Gasteiger partial charge >= 0.3 is 17.8 Å². The van der Waals surface area contributed by atoms with Crippen molar-refractivity contribution in [3.8, 4) is 0 Å². The average molecular weight is 417 g/mol. The van der Waals surface area contributed by atoms with E-state index in [1.54, 1.807) is 6.92 Å². The number of carboxylic acids is 1. The lowest BCUT2D eigenvalue weighted by atomic mass is 10.1. The molecule has 0 unspecified atom stereocenters. The zero-order valence-corrected chi connectivity index (χ0v) is 16.4. The van der Waals surface area contributed by atoms with Gasteiger partial charge in [0, 0.05) is 24.6 Å². The van der Waals surface area contributed by atoms with Crippen LogP contribution >= 0.6 is 0 Å². The molecule has 1 amide bonds. The molecule has 3 rings (SSSR count). The highest BCUT2D eigenvalue weighted by Gasteiger charge is 2.38. The monoisotopic (exact) mass is 417 g/mol. The van der Waals surface area contributed by atoms with Crippen molar-refractivity contribution < 1.29 is 24.2 Å². The minimum Gasteiger partial charge on any atom is -0.481 e. The highest BCUT2D eigenvalue weighted by atomic mass is 16.6. The quantitative estimate of drug-likeness (QED) is 0.617. The molecule has 1 aliphatic rings. The lowest BCUT2D eigenvalue weighted by molar-refractivity contribution is -0.138. The number of aliphatic carboxylic acids is 1. The summed E-state index contributed by atoms with van der Waals surface area (Å²) in [6.07, 6.45) is -0.466. The van der Waals surface area contributed by atoms with Crippen LogP contribution in [0.25, 0.3) is 0 Å². The Bertz CT molecular complexity index is 1020. The number of alkyl carbamates (subject to hydrolysis) is 1. The minimum atomic E-state index is -0.996. The van der Waals surface area contributed by atoms with Crippen LogP contribution in [0.1, 0.15) is 36.6 Å². The Hall–Kier alpha value is -3.40. The molecule has 10 nitrogen and oxygen atoms in total. The van der Waals surface area contributed by atoms with Crippen molar-refractivity contribution in [3.63, 3.8) is 0 Å². The van der Waals surface area contributed by atoms with Crippen LogP contribution in [0.4, 0.5) is 4.79 Å². The SMILES string of the molecule is Cc1cn([C@H]2C[C@H](NC(=O)OCc3ccccc3)[C@@H](CCC(=O)O)O2)c(=O)[nH]c1=O. The number of aromatic nitrogens is 2. The number of nitrogens with one attached hydrogen (secondary N) is 2. The molecule has 2 aromatic rings. The summed E-state index contributed by atoms with van der Waals surface area (Å²) in [5.74, 6) is -0.996. The van der Waals surface area contributed by atoms with Crippen LogP contribution < -0.4 is 16.6 Å². The number of ether oxygens (including phenoxy) is 2. The van der Waals surface area contributed by atoms with Gasteiger partial charge < -0.3 is 19.9 Å². The third-order valence-electron chi connectivity index (χ3n) is 4.85. The molecule has 1 saturated heterocycles. The van der Waals surface area contributed by atoms with Crippen LogP contribution in [0, 0.1) is 6.92 Å². The van der Waals surface area contributed by atoms with Gasteiger partial charge in [0.2, 0.25) is 0 Å². The summed E-state index contributed by atoms with van der Waals surface area (Å²) in [5.41, 5.74) is 0.0283. The highest BCUT2D eigenvalue weighted by molar-refractivity contribution is 5.68. The third-order valence-corrected chi connectivity index (χ3v) is 4.85. The van der Waals surface area contributed by atoms with Crippen LogP contribution in [-0.4, -0.2) is 38.9 Å². The van der Waals surface area contributed by atoms with Crippen molar-refractivity contribution in [2.24, 2.45) is 0 Å². The Morgan fingerprint density at radius 1 is 1.30 bits per heavy atom. The molecule has 0 bridgehead atoms. The van der Waals surface area contributed by atoms with Crippen LogP contribution in [-0.2, 0) is 20.9 Å². The summed E-state index contributed by atoms with van der Waals surface area (Å²) in [7, 11) is 0. The molecule has 1 aliphatic heterocycles. The van der Waals surface area contributed by atoms with Gasteiger partial charge in [-0.25, -0.2) is 9.59 Å². The molecule has 1 aromatic heterocycles. The molecular weight excluding hydrogens is 394 g/mol. The highest BCUT2D eigenvalue weighted by Crippen LogP contribution is 2.30. The first-order chi connectivity index (χ1) is 14.3. The molecule has 0 radical (unpaired) electrons. The van der Waals surface area contributed by atoms with Gasteiger partial charge in [-0.3, -0.25) is 19.1 Å². The van der Waals surface area contributed by atoms with E-state index in [0.717, 1.165) is 5.56 Å². The van der Waals surface area contributed by atoms with Crippen molar-refractivity contribution in [1.82, 2.24) is 14.9 Å². The van der Waals surface area contributed by atoms with Crippen LogP contribution in [0.5, 0.6) is 0 Å². The van der Waals surface area contributed by atoms with E-state index in [2.05, 4.69) is 10.3 Å². The van der Waals surface area contributed by atoms with Gasteiger partial charge in [-0.05, 0) is 18.9 Å². The van der Waals surface area contributed by atoms with Gasteiger partial charge in [-0.15, -0.1) is 0 Å². The van der Waals surface area contributed by atoms with Crippen molar-refractivity contribution in [3.05, 3.63) is 68.5 Å². The van der Waals surface area contributed by atoms with E-state index < -0.39 is 41.7 Å². The van der Waals surface area contributed by atoms with Gasteiger partial charge in [0.05, 0.1) is 12.1 Å². The number of carboxylic acid groups (broad SMARTS) is 1. The number of rotatable bonds is 7. The second-order valence-electron chi connectivity index (χ2n) is 7.09. The summed E-state index contributed by atoms with van der Waals surface area (Å²) in [4.78, 5) is 49.2. The Labute approximate surface area is 171 Å². The first-order valence-corrected chi connectivity index (χ1v) is 9.50. The predicted octanol–water partition coefficient (Wildman–Crippen LogP) is 1.29. The normalized spacial score (nSPS) is 20.6. The maximum Gasteiger partial charge on any atom is 0.407 e. The van der Waals surface area contributed by atoms with Crippen LogP contribution in [0.3, 0.4) is 0 Å². The van der Waals surface area contributed by atoms with E-state index in [4.69, 9.17) is 14.6 Å². The Morgan fingerprint density at radius 2 is 2.03 bits per heavy atom. The number of hydrogen-bond donors (Lipinski definition) is 3. The predicted molar refractivity (Wildman–Crippen MR) is 105 cm³/mol. The maximum absolute atomic E-state index is 12.2. The van der Waals surface area contributed by atoms with E-state index >= 15 is 0 Å². The number of carbonyl (C=O) groups excluding carboxylic acids is 1. The maximum atomic E-state index is 12.2. The molecule has 30 heavy (non-hydrogen) atoms. The van der Waals surface area contributed by atoms with Crippen molar-refractivity contribution in [2.75, 3.05) is 0 Å². The molecule has 3 atom stereocenters. The molecule has 0 spiro atoms. The van der Waals surface area contributed by atoms with Crippen LogP contribution in [0.2, 0.25) is 0 Å². The lowest BCUT2D eigenvalue weighted by Crippen LogP contribution is -2.41. The van der Waals surface area contributed by atoms with Gasteiger partial charge in [0.25, 0.3) is 5.56 Å². The van der Waals surface area contributed by atoms with Crippen molar-refractivity contribution >= 4 is 12.1 Å². The van der Waals surface area contributed by atoms with Gasteiger partial charge in [0.1, 0.15) is 12.8 Å². The van der Waals surface area contributed by atoms with E-state index in [0.29, 0.717) is 5.56 Å². The first kappa shape index (κ1) is 21.3. The third kappa shape index (κ3) is 5.35. The van der Waals surface area contributed by atoms with E-state index in [9.17, 15) is 19.2 Å². The summed E-state index contributed by atoms with van der Waals surface area (Å²) in [5, 5.41) is 11.7. The number of H-pyrrole nitrogens is 1. The zero-order chi connectivity index (χ0) is 21.7. The molecule has 1 aromatic carbocycles. The number of carbonyl (C=O) groups is 2. The average Bonchev–Trinajstić information content (AvgIpc) is 3.10.